The highest BCUT2D eigenvalue weighted by atomic mass is 19.1. The van der Waals surface area contributed by atoms with Gasteiger partial charge in [-0.3, -0.25) is 0 Å². The van der Waals surface area contributed by atoms with Gasteiger partial charge in [-0.1, -0.05) is 0 Å². The van der Waals surface area contributed by atoms with Crippen molar-refractivity contribution in [2.45, 2.75) is 13.3 Å². The Kier molecular flexibility index (Phi) is 5.34. The minimum absolute atomic E-state index is 0.0168. The summed E-state index contributed by atoms with van der Waals surface area (Å²) in [5.74, 6) is -1.29. The molecule has 0 saturated carbocycles. The van der Waals surface area contributed by atoms with Gasteiger partial charge in [-0.25, -0.2) is 8.78 Å². The Morgan fingerprint density at radius 1 is 1.17 bits per heavy atom. The van der Waals surface area contributed by atoms with Crippen LogP contribution in [0.25, 0.3) is 0 Å². The summed E-state index contributed by atoms with van der Waals surface area (Å²) in [4.78, 5) is 3.97. The molecule has 0 bridgehead atoms. The third kappa shape index (κ3) is 3.84. The molecule has 0 fully saturated rings. The van der Waals surface area contributed by atoms with Gasteiger partial charge in [0.25, 0.3) is 0 Å². The molecule has 0 heterocycles. The van der Waals surface area contributed by atoms with Crippen LogP contribution in [0.4, 0.5) is 20.2 Å². The Labute approximate surface area is 107 Å². The van der Waals surface area contributed by atoms with E-state index in [1.54, 1.807) is 0 Å². The summed E-state index contributed by atoms with van der Waals surface area (Å²) >= 11 is 0. The summed E-state index contributed by atoms with van der Waals surface area (Å²) < 4.78 is 26.6. The van der Waals surface area contributed by atoms with E-state index >= 15 is 0 Å². The van der Waals surface area contributed by atoms with E-state index in [0.29, 0.717) is 12.2 Å². The molecule has 0 spiro atoms. The van der Waals surface area contributed by atoms with Gasteiger partial charge in [0.15, 0.2) is 5.82 Å². The highest BCUT2D eigenvalue weighted by Gasteiger charge is 2.13. The summed E-state index contributed by atoms with van der Waals surface area (Å²) in [7, 11) is 3.99. The molecule has 0 radical (unpaired) electrons. The zero-order valence-electron chi connectivity index (χ0n) is 11.2. The van der Waals surface area contributed by atoms with Gasteiger partial charge in [0.1, 0.15) is 5.82 Å². The van der Waals surface area contributed by atoms with E-state index in [0.717, 1.165) is 25.6 Å². The lowest BCUT2D eigenvalue weighted by atomic mass is 10.2. The predicted molar refractivity (Wildman–Crippen MR) is 71.8 cm³/mol. The van der Waals surface area contributed by atoms with Crippen LogP contribution in [-0.2, 0) is 0 Å². The lowest BCUT2D eigenvalue weighted by Crippen LogP contribution is -2.28. The van der Waals surface area contributed by atoms with Gasteiger partial charge in [-0.05, 0) is 40.1 Å². The lowest BCUT2D eigenvalue weighted by Gasteiger charge is -2.25. The molecular weight excluding hydrogens is 236 g/mol. The lowest BCUT2D eigenvalue weighted by molar-refractivity contribution is 0.400. The van der Waals surface area contributed by atoms with Crippen molar-refractivity contribution in [3.8, 4) is 0 Å². The second-order valence-corrected chi connectivity index (χ2v) is 4.56. The molecule has 1 rings (SSSR count). The second kappa shape index (κ2) is 6.54. The molecule has 3 nitrogen and oxygen atoms in total. The van der Waals surface area contributed by atoms with E-state index in [2.05, 4.69) is 4.90 Å². The molecular formula is C13H21F2N3. The third-order valence-corrected chi connectivity index (χ3v) is 2.83. The first-order valence-electron chi connectivity index (χ1n) is 6.10. The Hall–Kier alpha value is -1.36. The van der Waals surface area contributed by atoms with Crippen LogP contribution < -0.4 is 10.6 Å². The normalized spacial score (nSPS) is 11.0. The van der Waals surface area contributed by atoms with E-state index in [1.807, 2.05) is 25.9 Å². The number of halogens is 2. The fourth-order valence-corrected chi connectivity index (χ4v) is 1.86. The fraction of sp³-hybridized carbons (Fsp3) is 0.538. The van der Waals surface area contributed by atoms with Crippen LogP contribution in [-0.4, -0.2) is 38.6 Å². The standard InChI is InChI=1S/C13H21F2N3/c1-4-18(7-5-6-17(2)3)12-9-10(14)8-11(15)13(12)16/h8-9H,4-7,16H2,1-3H3. The summed E-state index contributed by atoms with van der Waals surface area (Å²) in [6.07, 6.45) is 0.915. The van der Waals surface area contributed by atoms with E-state index < -0.39 is 11.6 Å². The molecule has 0 atom stereocenters. The van der Waals surface area contributed by atoms with Crippen molar-refractivity contribution in [2.75, 3.05) is 44.4 Å². The van der Waals surface area contributed by atoms with Crippen molar-refractivity contribution in [1.82, 2.24) is 4.90 Å². The Morgan fingerprint density at radius 2 is 1.83 bits per heavy atom. The number of nitrogens with two attached hydrogens (primary N) is 1. The average Bonchev–Trinajstić information content (AvgIpc) is 2.29. The van der Waals surface area contributed by atoms with Gasteiger partial charge < -0.3 is 15.5 Å². The van der Waals surface area contributed by atoms with Crippen LogP contribution in [0.3, 0.4) is 0 Å². The monoisotopic (exact) mass is 257 g/mol. The van der Waals surface area contributed by atoms with E-state index in [9.17, 15) is 8.78 Å². The van der Waals surface area contributed by atoms with Crippen LogP contribution in [0, 0.1) is 11.6 Å². The summed E-state index contributed by atoms with van der Waals surface area (Å²) in [6, 6.07) is 2.10. The Balaban J connectivity index is 2.81. The van der Waals surface area contributed by atoms with Crippen molar-refractivity contribution >= 4 is 11.4 Å². The highest BCUT2D eigenvalue weighted by Crippen LogP contribution is 2.27. The van der Waals surface area contributed by atoms with Crippen LogP contribution in [0.2, 0.25) is 0 Å². The average molecular weight is 257 g/mol. The number of nitrogens with zero attached hydrogens (tertiary/aromatic N) is 2. The molecule has 18 heavy (non-hydrogen) atoms. The molecule has 102 valence electrons. The van der Waals surface area contributed by atoms with Crippen LogP contribution in [0.1, 0.15) is 13.3 Å². The number of hydrogen-bond donors (Lipinski definition) is 1. The molecule has 1 aromatic carbocycles. The molecule has 0 unspecified atom stereocenters. The number of hydrogen-bond acceptors (Lipinski definition) is 3. The number of benzene rings is 1. The number of nitrogen functional groups attached to an aromatic ring is 1. The van der Waals surface area contributed by atoms with Crippen LogP contribution in [0.5, 0.6) is 0 Å². The maximum absolute atomic E-state index is 13.4. The first-order chi connectivity index (χ1) is 8.45. The zero-order valence-corrected chi connectivity index (χ0v) is 11.2. The van der Waals surface area contributed by atoms with Crippen molar-refractivity contribution in [2.24, 2.45) is 0 Å². The van der Waals surface area contributed by atoms with Crippen LogP contribution in [0.15, 0.2) is 12.1 Å². The largest absolute Gasteiger partial charge is 0.395 e. The topological polar surface area (TPSA) is 32.5 Å². The number of rotatable bonds is 6. The first kappa shape index (κ1) is 14.7. The minimum Gasteiger partial charge on any atom is -0.395 e. The Morgan fingerprint density at radius 3 is 2.39 bits per heavy atom. The van der Waals surface area contributed by atoms with Gasteiger partial charge >= 0.3 is 0 Å². The second-order valence-electron chi connectivity index (χ2n) is 4.56. The maximum Gasteiger partial charge on any atom is 0.151 e. The number of anilines is 2. The summed E-state index contributed by atoms with van der Waals surface area (Å²) in [5.41, 5.74) is 6.12. The zero-order chi connectivity index (χ0) is 13.7. The molecule has 0 aliphatic heterocycles. The van der Waals surface area contributed by atoms with E-state index in [4.69, 9.17) is 5.73 Å². The molecule has 1 aromatic rings. The van der Waals surface area contributed by atoms with E-state index in [-0.39, 0.29) is 5.69 Å². The van der Waals surface area contributed by atoms with Crippen molar-refractivity contribution in [1.29, 1.82) is 0 Å². The quantitative estimate of drug-likeness (QED) is 0.794. The third-order valence-electron chi connectivity index (χ3n) is 2.83. The molecule has 0 saturated heterocycles. The first-order valence-corrected chi connectivity index (χ1v) is 6.10. The van der Waals surface area contributed by atoms with Gasteiger partial charge in [0, 0.05) is 19.2 Å². The van der Waals surface area contributed by atoms with Crippen LogP contribution >= 0.6 is 0 Å². The fourth-order valence-electron chi connectivity index (χ4n) is 1.86. The maximum atomic E-state index is 13.4. The molecule has 2 N–H and O–H groups in total. The molecule has 0 amide bonds. The predicted octanol–water partition coefficient (Wildman–Crippen LogP) is 2.33. The SMILES string of the molecule is CCN(CCCN(C)C)c1cc(F)cc(F)c1N. The van der Waals surface area contributed by atoms with Gasteiger partial charge in [-0.15, -0.1) is 0 Å². The summed E-state index contributed by atoms with van der Waals surface area (Å²) in [5, 5.41) is 0. The molecule has 0 aromatic heterocycles. The van der Waals surface area contributed by atoms with Gasteiger partial charge in [0.05, 0.1) is 11.4 Å². The van der Waals surface area contributed by atoms with Crippen molar-refractivity contribution in [3.05, 3.63) is 23.8 Å². The highest BCUT2D eigenvalue weighted by molar-refractivity contribution is 5.68. The smallest absolute Gasteiger partial charge is 0.151 e. The van der Waals surface area contributed by atoms with E-state index in [1.165, 1.54) is 6.07 Å². The molecule has 5 heteroatoms. The minimum atomic E-state index is -0.698. The Bertz CT molecular complexity index is 394. The molecule has 0 aliphatic carbocycles. The van der Waals surface area contributed by atoms with Crippen molar-refractivity contribution in [3.63, 3.8) is 0 Å². The van der Waals surface area contributed by atoms with Crippen molar-refractivity contribution < 1.29 is 8.78 Å². The summed E-state index contributed by atoms with van der Waals surface area (Å²) in [6.45, 7) is 4.26. The van der Waals surface area contributed by atoms with Gasteiger partial charge in [-0.2, -0.15) is 0 Å². The van der Waals surface area contributed by atoms with Gasteiger partial charge in [0.2, 0.25) is 0 Å². The molecule has 0 aliphatic rings.